The van der Waals surface area contributed by atoms with E-state index in [-0.39, 0.29) is 0 Å². The van der Waals surface area contributed by atoms with E-state index in [4.69, 9.17) is 9.57 Å². The zero-order chi connectivity index (χ0) is 17.0. The fraction of sp³-hybridized carbons (Fsp3) is 0.700. The Morgan fingerprint density at radius 1 is 1.12 bits per heavy atom. The second-order valence-electron chi connectivity index (χ2n) is 8.07. The number of hydrogen-bond acceptors (Lipinski definition) is 5. The highest BCUT2D eigenvalue weighted by Gasteiger charge is 2.47. The normalized spacial score (nSPS) is 36.0. The molecule has 136 valence electrons. The van der Waals surface area contributed by atoms with Gasteiger partial charge in [0.2, 0.25) is 0 Å². The largest absolute Gasteiger partial charge is 0.378 e. The van der Waals surface area contributed by atoms with Crippen molar-refractivity contribution in [2.75, 3.05) is 51.3 Å². The van der Waals surface area contributed by atoms with E-state index >= 15 is 0 Å². The summed E-state index contributed by atoms with van der Waals surface area (Å²) in [5, 5.41) is 2.13. The molecule has 5 rings (SSSR count). The number of piperidine rings is 1. The number of ether oxygens (including phenoxy) is 1. The van der Waals surface area contributed by atoms with Crippen molar-refractivity contribution in [2.45, 2.75) is 38.0 Å². The van der Waals surface area contributed by atoms with Crippen LogP contribution in [0.4, 0.5) is 5.69 Å². The summed E-state index contributed by atoms with van der Waals surface area (Å²) in [7, 11) is 2.12. The fourth-order valence-electron chi connectivity index (χ4n) is 5.34. The first-order chi connectivity index (χ1) is 12.2. The van der Waals surface area contributed by atoms with Crippen molar-refractivity contribution in [3.05, 3.63) is 29.3 Å². The molecule has 4 aliphatic rings. The molecule has 4 aliphatic heterocycles. The minimum Gasteiger partial charge on any atom is -0.378 e. The molecule has 1 aromatic carbocycles. The lowest BCUT2D eigenvalue weighted by Gasteiger charge is -2.46. The molecule has 5 nitrogen and oxygen atoms in total. The van der Waals surface area contributed by atoms with Crippen LogP contribution in [0.15, 0.2) is 18.2 Å². The lowest BCUT2D eigenvalue weighted by Crippen LogP contribution is -2.50. The van der Waals surface area contributed by atoms with Crippen LogP contribution < -0.4 is 4.90 Å². The number of hydroxylamine groups is 2. The molecule has 4 atom stereocenters. The number of fused-ring (bicyclic) bond motifs is 4. The van der Waals surface area contributed by atoms with E-state index in [1.54, 1.807) is 11.1 Å². The number of morpholine rings is 1. The molecule has 25 heavy (non-hydrogen) atoms. The molecule has 0 bridgehead atoms. The van der Waals surface area contributed by atoms with Gasteiger partial charge < -0.3 is 9.64 Å². The lowest BCUT2D eigenvalue weighted by atomic mass is 9.79. The van der Waals surface area contributed by atoms with Crippen molar-refractivity contribution in [2.24, 2.45) is 5.92 Å². The van der Waals surface area contributed by atoms with Crippen molar-refractivity contribution < 1.29 is 9.57 Å². The van der Waals surface area contributed by atoms with Gasteiger partial charge in [0.05, 0.1) is 19.3 Å². The molecule has 0 N–H and O–H groups in total. The van der Waals surface area contributed by atoms with Crippen LogP contribution >= 0.6 is 0 Å². The number of nitrogens with zero attached hydrogens (tertiary/aromatic N) is 3. The molecular formula is C20H29N3O2. The summed E-state index contributed by atoms with van der Waals surface area (Å²) in [6.07, 6.45) is 2.71. The molecule has 0 aliphatic carbocycles. The highest BCUT2D eigenvalue weighted by molar-refractivity contribution is 5.53. The summed E-state index contributed by atoms with van der Waals surface area (Å²) >= 11 is 0. The average Bonchev–Trinajstić information content (AvgIpc) is 2.94. The Hall–Kier alpha value is -1.14. The van der Waals surface area contributed by atoms with Gasteiger partial charge in [-0.25, -0.2) is 0 Å². The second-order valence-corrected chi connectivity index (χ2v) is 8.07. The van der Waals surface area contributed by atoms with Crippen molar-refractivity contribution in [1.82, 2.24) is 9.96 Å². The first kappa shape index (κ1) is 16.1. The molecule has 0 saturated carbocycles. The highest BCUT2D eigenvalue weighted by atomic mass is 16.7. The van der Waals surface area contributed by atoms with E-state index in [1.807, 2.05) is 0 Å². The van der Waals surface area contributed by atoms with Gasteiger partial charge in [0.15, 0.2) is 0 Å². The van der Waals surface area contributed by atoms with Gasteiger partial charge in [0, 0.05) is 56.9 Å². The number of benzene rings is 1. The molecule has 0 unspecified atom stereocenters. The number of hydrogen-bond donors (Lipinski definition) is 0. The Labute approximate surface area is 150 Å². The molecular weight excluding hydrogens is 314 g/mol. The zero-order valence-corrected chi connectivity index (χ0v) is 15.4. The molecule has 0 radical (unpaired) electrons. The topological polar surface area (TPSA) is 28.2 Å². The van der Waals surface area contributed by atoms with Gasteiger partial charge in [-0.05, 0) is 43.0 Å². The Bertz CT molecular complexity index is 646. The summed E-state index contributed by atoms with van der Waals surface area (Å²) in [5.74, 6) is 0.644. The third kappa shape index (κ3) is 2.69. The minimum absolute atomic E-state index is 0.344. The Kier molecular flexibility index (Phi) is 4.01. The first-order valence-corrected chi connectivity index (χ1v) is 9.80. The second kappa shape index (κ2) is 6.23. The van der Waals surface area contributed by atoms with Crippen LogP contribution in [-0.2, 0) is 16.0 Å². The molecule has 4 heterocycles. The summed E-state index contributed by atoms with van der Waals surface area (Å²) in [6.45, 7) is 8.29. The average molecular weight is 343 g/mol. The zero-order valence-electron chi connectivity index (χ0n) is 15.4. The van der Waals surface area contributed by atoms with Gasteiger partial charge in [-0.1, -0.05) is 6.07 Å². The smallest absolute Gasteiger partial charge is 0.0821 e. The summed E-state index contributed by atoms with van der Waals surface area (Å²) in [4.78, 5) is 11.2. The van der Waals surface area contributed by atoms with Crippen molar-refractivity contribution in [3.8, 4) is 0 Å². The molecule has 3 saturated heterocycles. The van der Waals surface area contributed by atoms with Gasteiger partial charge in [-0.2, -0.15) is 5.06 Å². The highest BCUT2D eigenvalue weighted by Crippen LogP contribution is 2.44. The van der Waals surface area contributed by atoms with Gasteiger partial charge in [0.1, 0.15) is 0 Å². The van der Waals surface area contributed by atoms with E-state index in [1.165, 1.54) is 31.6 Å². The minimum atomic E-state index is 0.344. The summed E-state index contributed by atoms with van der Waals surface area (Å²) < 4.78 is 5.52. The predicted molar refractivity (Wildman–Crippen MR) is 97.7 cm³/mol. The quantitative estimate of drug-likeness (QED) is 0.778. The van der Waals surface area contributed by atoms with E-state index < -0.39 is 0 Å². The monoisotopic (exact) mass is 343 g/mol. The van der Waals surface area contributed by atoms with E-state index in [0.717, 1.165) is 26.3 Å². The van der Waals surface area contributed by atoms with Crippen LogP contribution in [0.1, 0.15) is 30.5 Å². The van der Waals surface area contributed by atoms with E-state index in [9.17, 15) is 0 Å². The maximum Gasteiger partial charge on any atom is 0.0821 e. The molecule has 1 aromatic rings. The van der Waals surface area contributed by atoms with Crippen molar-refractivity contribution in [3.63, 3.8) is 0 Å². The first-order valence-electron chi connectivity index (χ1n) is 9.80. The van der Waals surface area contributed by atoms with Crippen LogP contribution in [0.5, 0.6) is 0 Å². The maximum absolute atomic E-state index is 6.01. The molecule has 3 fully saturated rings. The van der Waals surface area contributed by atoms with Gasteiger partial charge in [-0.3, -0.25) is 9.74 Å². The van der Waals surface area contributed by atoms with E-state index in [2.05, 4.69) is 47.0 Å². The fourth-order valence-corrected chi connectivity index (χ4v) is 5.34. The maximum atomic E-state index is 6.01. The Morgan fingerprint density at radius 2 is 1.96 bits per heavy atom. The van der Waals surface area contributed by atoms with Gasteiger partial charge >= 0.3 is 0 Å². The molecule has 5 heteroatoms. The van der Waals surface area contributed by atoms with E-state index in [0.29, 0.717) is 24.1 Å². The van der Waals surface area contributed by atoms with Crippen LogP contribution in [-0.4, -0.2) is 68.5 Å². The number of anilines is 1. The lowest BCUT2D eigenvalue weighted by molar-refractivity contribution is -0.140. The van der Waals surface area contributed by atoms with Gasteiger partial charge in [-0.15, -0.1) is 0 Å². The predicted octanol–water partition coefficient (Wildman–Crippen LogP) is 2.08. The van der Waals surface area contributed by atoms with Gasteiger partial charge in [0.25, 0.3) is 0 Å². The Balaban J connectivity index is 1.44. The Morgan fingerprint density at radius 3 is 2.80 bits per heavy atom. The summed E-state index contributed by atoms with van der Waals surface area (Å²) in [5.41, 5.74) is 4.48. The third-order valence-corrected chi connectivity index (χ3v) is 6.78. The molecule has 0 amide bonds. The van der Waals surface area contributed by atoms with Crippen molar-refractivity contribution >= 4 is 5.69 Å². The standard InChI is InChI=1S/C20H29N3O2/c1-14-18-13-23-6-5-15-3-4-16(22-7-9-24-10-8-22)11-17(15)20(23)12-19(18)21(2)25-14/h3-4,11,14,18-20H,5-10,12-13H2,1-2H3/t14-,18-,19-,20-/m0/s1. The van der Waals surface area contributed by atoms with Crippen LogP contribution in [0, 0.1) is 5.92 Å². The SMILES string of the molecule is C[C@@H]1ON(C)[C@H]2C[C@H]3c4cc(N5CCOCC5)ccc4CCN3C[C@@H]12. The van der Waals surface area contributed by atoms with Crippen LogP contribution in [0.25, 0.3) is 0 Å². The number of rotatable bonds is 1. The molecule has 0 spiro atoms. The third-order valence-electron chi connectivity index (χ3n) is 6.78. The van der Waals surface area contributed by atoms with Crippen LogP contribution in [0.3, 0.4) is 0 Å². The molecule has 0 aromatic heterocycles. The van der Waals surface area contributed by atoms with Crippen molar-refractivity contribution in [1.29, 1.82) is 0 Å². The van der Waals surface area contributed by atoms with Crippen LogP contribution in [0.2, 0.25) is 0 Å². The summed E-state index contributed by atoms with van der Waals surface area (Å²) in [6, 6.07) is 8.26.